The summed E-state index contributed by atoms with van der Waals surface area (Å²) < 4.78 is 5.59. The Morgan fingerprint density at radius 1 is 1.42 bits per heavy atom. The van der Waals surface area contributed by atoms with Gasteiger partial charge in [-0.05, 0) is 37.4 Å². The van der Waals surface area contributed by atoms with Crippen LogP contribution in [0.1, 0.15) is 28.8 Å². The van der Waals surface area contributed by atoms with Crippen molar-refractivity contribution in [3.8, 4) is 0 Å². The van der Waals surface area contributed by atoms with Gasteiger partial charge in [0.1, 0.15) is 0 Å². The first-order valence-corrected chi connectivity index (χ1v) is 6.74. The lowest BCUT2D eigenvalue weighted by Crippen LogP contribution is -2.24. The molecule has 1 aromatic rings. The second-order valence-electron chi connectivity index (χ2n) is 5.22. The van der Waals surface area contributed by atoms with Crippen LogP contribution in [0.5, 0.6) is 0 Å². The van der Waals surface area contributed by atoms with Crippen molar-refractivity contribution in [1.29, 1.82) is 0 Å². The lowest BCUT2D eigenvalue weighted by atomic mass is 10.1. The van der Waals surface area contributed by atoms with Gasteiger partial charge in [0.25, 0.3) is 0 Å². The predicted molar refractivity (Wildman–Crippen MR) is 73.3 cm³/mol. The number of aromatic carboxylic acids is 1. The minimum atomic E-state index is -0.867. The Labute approximate surface area is 114 Å². The molecule has 1 aliphatic rings. The summed E-state index contributed by atoms with van der Waals surface area (Å²) in [6.07, 6.45) is 2.61. The fourth-order valence-corrected chi connectivity index (χ4v) is 1.99. The first-order chi connectivity index (χ1) is 9.16. The van der Waals surface area contributed by atoms with Crippen LogP contribution in [0.25, 0.3) is 0 Å². The van der Waals surface area contributed by atoms with Gasteiger partial charge in [-0.25, -0.2) is 4.79 Å². The third-order valence-corrected chi connectivity index (χ3v) is 3.36. The molecule has 0 saturated heterocycles. The fraction of sp³-hybridized carbons (Fsp3) is 0.533. The summed E-state index contributed by atoms with van der Waals surface area (Å²) in [6, 6.07) is 7.14. The molecule has 0 amide bonds. The molecule has 0 unspecified atom stereocenters. The van der Waals surface area contributed by atoms with Crippen molar-refractivity contribution in [2.75, 3.05) is 26.8 Å². The molecule has 0 radical (unpaired) electrons. The standard InChI is InChI=1S/C15H21NO3/c1-16(8-9-19-11-12-6-7-12)10-13-4-2-3-5-14(13)15(17)18/h2-5,12H,6-11H2,1H3,(H,17,18). The van der Waals surface area contributed by atoms with Gasteiger partial charge in [-0.3, -0.25) is 4.90 Å². The number of nitrogens with zero attached hydrogens (tertiary/aromatic N) is 1. The average molecular weight is 263 g/mol. The molecule has 0 bridgehead atoms. The third kappa shape index (κ3) is 4.65. The van der Waals surface area contributed by atoms with E-state index in [-0.39, 0.29) is 0 Å². The smallest absolute Gasteiger partial charge is 0.336 e. The van der Waals surface area contributed by atoms with Crippen molar-refractivity contribution >= 4 is 5.97 Å². The van der Waals surface area contributed by atoms with E-state index in [0.717, 1.165) is 24.6 Å². The lowest BCUT2D eigenvalue weighted by molar-refractivity contribution is 0.0694. The molecule has 0 spiro atoms. The SMILES string of the molecule is CN(CCOCC1CC1)Cc1ccccc1C(=O)O. The second-order valence-corrected chi connectivity index (χ2v) is 5.22. The molecule has 1 aliphatic carbocycles. The molecular weight excluding hydrogens is 242 g/mol. The second kappa shape index (κ2) is 6.68. The average Bonchev–Trinajstić information content (AvgIpc) is 3.19. The molecule has 0 heterocycles. The maximum atomic E-state index is 11.1. The van der Waals surface area contributed by atoms with Crippen LogP contribution >= 0.6 is 0 Å². The Morgan fingerprint density at radius 2 is 2.16 bits per heavy atom. The minimum absolute atomic E-state index is 0.383. The molecule has 1 N–H and O–H groups in total. The molecule has 0 aliphatic heterocycles. The van der Waals surface area contributed by atoms with E-state index in [1.165, 1.54) is 12.8 Å². The fourth-order valence-electron chi connectivity index (χ4n) is 1.99. The molecule has 4 nitrogen and oxygen atoms in total. The number of ether oxygens (including phenoxy) is 1. The Bertz CT molecular complexity index is 429. The van der Waals surface area contributed by atoms with Crippen LogP contribution in [-0.2, 0) is 11.3 Å². The summed E-state index contributed by atoms with van der Waals surface area (Å²) in [5.74, 6) is -0.0768. The lowest BCUT2D eigenvalue weighted by Gasteiger charge is -2.17. The molecule has 0 atom stereocenters. The predicted octanol–water partition coefficient (Wildman–Crippen LogP) is 2.24. The van der Waals surface area contributed by atoms with Crippen LogP contribution in [0.3, 0.4) is 0 Å². The van der Waals surface area contributed by atoms with E-state index >= 15 is 0 Å². The normalized spacial score (nSPS) is 14.8. The molecule has 1 aromatic carbocycles. The number of carboxylic acids is 1. The van der Waals surface area contributed by atoms with E-state index in [1.54, 1.807) is 12.1 Å². The zero-order valence-electron chi connectivity index (χ0n) is 11.3. The van der Waals surface area contributed by atoms with Crippen LogP contribution < -0.4 is 0 Å². The first kappa shape index (κ1) is 14.0. The number of hydrogen-bond donors (Lipinski definition) is 1. The van der Waals surface area contributed by atoms with Crippen molar-refractivity contribution in [3.05, 3.63) is 35.4 Å². The van der Waals surface area contributed by atoms with Gasteiger partial charge in [-0.2, -0.15) is 0 Å². The zero-order valence-corrected chi connectivity index (χ0v) is 11.3. The number of benzene rings is 1. The molecule has 4 heteroatoms. The van der Waals surface area contributed by atoms with Crippen molar-refractivity contribution < 1.29 is 14.6 Å². The molecule has 1 fully saturated rings. The maximum Gasteiger partial charge on any atom is 0.336 e. The van der Waals surface area contributed by atoms with Gasteiger partial charge in [0.15, 0.2) is 0 Å². The van der Waals surface area contributed by atoms with Crippen molar-refractivity contribution in [3.63, 3.8) is 0 Å². The highest BCUT2D eigenvalue weighted by atomic mass is 16.5. The Balaban J connectivity index is 1.77. The molecule has 0 aromatic heterocycles. The minimum Gasteiger partial charge on any atom is -0.478 e. The molecule has 104 valence electrons. The summed E-state index contributed by atoms with van der Waals surface area (Å²) in [4.78, 5) is 13.2. The van der Waals surface area contributed by atoms with Gasteiger partial charge in [0, 0.05) is 19.7 Å². The van der Waals surface area contributed by atoms with Gasteiger partial charge in [0.2, 0.25) is 0 Å². The largest absolute Gasteiger partial charge is 0.478 e. The van der Waals surface area contributed by atoms with Crippen LogP contribution in [0, 0.1) is 5.92 Å². The van der Waals surface area contributed by atoms with E-state index in [4.69, 9.17) is 9.84 Å². The Kier molecular flexibility index (Phi) is 4.93. The van der Waals surface area contributed by atoms with Crippen molar-refractivity contribution in [2.24, 2.45) is 5.92 Å². The number of carboxylic acid groups (broad SMARTS) is 1. The summed E-state index contributed by atoms with van der Waals surface area (Å²) in [5, 5.41) is 9.12. The summed E-state index contributed by atoms with van der Waals surface area (Å²) in [6.45, 7) is 3.04. The molecule has 19 heavy (non-hydrogen) atoms. The van der Waals surface area contributed by atoms with Crippen LogP contribution in [0.15, 0.2) is 24.3 Å². The highest BCUT2D eigenvalue weighted by molar-refractivity contribution is 5.89. The molecular formula is C15H21NO3. The quantitative estimate of drug-likeness (QED) is 0.731. The highest BCUT2D eigenvalue weighted by Crippen LogP contribution is 2.28. The number of likely N-dealkylation sites (N-methyl/N-ethyl adjacent to an activating group) is 1. The first-order valence-electron chi connectivity index (χ1n) is 6.74. The monoisotopic (exact) mass is 263 g/mol. The van der Waals surface area contributed by atoms with Crippen LogP contribution in [0.2, 0.25) is 0 Å². The van der Waals surface area contributed by atoms with Crippen molar-refractivity contribution in [1.82, 2.24) is 4.90 Å². The van der Waals surface area contributed by atoms with Crippen LogP contribution in [0.4, 0.5) is 0 Å². The van der Waals surface area contributed by atoms with Crippen molar-refractivity contribution in [2.45, 2.75) is 19.4 Å². The Hall–Kier alpha value is -1.39. The topological polar surface area (TPSA) is 49.8 Å². The van der Waals surface area contributed by atoms with E-state index in [0.29, 0.717) is 18.7 Å². The maximum absolute atomic E-state index is 11.1. The van der Waals surface area contributed by atoms with E-state index in [9.17, 15) is 4.79 Å². The number of hydrogen-bond acceptors (Lipinski definition) is 3. The van der Waals surface area contributed by atoms with Gasteiger partial charge in [-0.15, -0.1) is 0 Å². The third-order valence-electron chi connectivity index (χ3n) is 3.36. The highest BCUT2D eigenvalue weighted by Gasteiger charge is 2.21. The number of carbonyl (C=O) groups is 1. The zero-order chi connectivity index (χ0) is 13.7. The van der Waals surface area contributed by atoms with Gasteiger partial charge >= 0.3 is 5.97 Å². The molecule has 1 saturated carbocycles. The van der Waals surface area contributed by atoms with E-state index in [2.05, 4.69) is 4.90 Å². The van der Waals surface area contributed by atoms with Gasteiger partial charge in [-0.1, -0.05) is 18.2 Å². The summed E-state index contributed by atoms with van der Waals surface area (Å²) in [5.41, 5.74) is 1.23. The Morgan fingerprint density at radius 3 is 2.84 bits per heavy atom. The summed E-state index contributed by atoms with van der Waals surface area (Å²) in [7, 11) is 1.99. The number of rotatable bonds is 8. The molecule has 2 rings (SSSR count). The summed E-state index contributed by atoms with van der Waals surface area (Å²) >= 11 is 0. The van der Waals surface area contributed by atoms with Crippen LogP contribution in [-0.4, -0.2) is 42.8 Å². The van der Waals surface area contributed by atoms with E-state index < -0.39 is 5.97 Å². The van der Waals surface area contributed by atoms with Gasteiger partial charge in [0.05, 0.1) is 12.2 Å². The van der Waals surface area contributed by atoms with Gasteiger partial charge < -0.3 is 9.84 Å². The van der Waals surface area contributed by atoms with E-state index in [1.807, 2.05) is 19.2 Å².